The van der Waals surface area contributed by atoms with Crippen LogP contribution < -0.4 is 5.32 Å². The van der Waals surface area contributed by atoms with Gasteiger partial charge in [-0.1, -0.05) is 29.6 Å². The van der Waals surface area contributed by atoms with E-state index in [1.54, 1.807) is 11.8 Å². The largest absolute Gasteiger partial charge is 0.374 e. The van der Waals surface area contributed by atoms with Gasteiger partial charge in [-0.25, -0.2) is 0 Å². The quantitative estimate of drug-likeness (QED) is 0.824. The van der Waals surface area contributed by atoms with E-state index < -0.39 is 0 Å². The SMILES string of the molecule is CCCNc1snnc1CSc1nnc2n1CCCCC2. The minimum atomic E-state index is 0.792. The van der Waals surface area contributed by atoms with Crippen LogP contribution in [0.1, 0.15) is 44.1 Å². The zero-order chi connectivity index (χ0) is 14.5. The van der Waals surface area contributed by atoms with Crippen molar-refractivity contribution in [3.05, 3.63) is 11.5 Å². The van der Waals surface area contributed by atoms with Crippen LogP contribution in [0.4, 0.5) is 5.00 Å². The number of hydrogen-bond donors (Lipinski definition) is 1. The van der Waals surface area contributed by atoms with Crippen LogP contribution in [-0.4, -0.2) is 30.9 Å². The van der Waals surface area contributed by atoms with E-state index in [4.69, 9.17) is 0 Å². The van der Waals surface area contributed by atoms with Crippen molar-refractivity contribution in [1.82, 2.24) is 24.4 Å². The lowest BCUT2D eigenvalue weighted by Gasteiger charge is -2.06. The predicted octanol–water partition coefficient (Wildman–Crippen LogP) is 2.97. The number of anilines is 1. The zero-order valence-electron chi connectivity index (χ0n) is 12.2. The summed E-state index contributed by atoms with van der Waals surface area (Å²) in [6.45, 7) is 4.16. The average Bonchev–Trinajstić information content (AvgIpc) is 3.03. The standard InChI is InChI=1S/C13H20N6S2/c1-2-7-14-12-10(15-18-21-12)9-20-13-17-16-11-6-4-3-5-8-19(11)13/h14H,2-9H2,1H3. The lowest BCUT2D eigenvalue weighted by Crippen LogP contribution is -2.03. The molecule has 0 fully saturated rings. The van der Waals surface area contributed by atoms with Crippen LogP contribution >= 0.6 is 23.3 Å². The van der Waals surface area contributed by atoms with E-state index >= 15 is 0 Å². The number of fused-ring (bicyclic) bond motifs is 1. The molecule has 21 heavy (non-hydrogen) atoms. The minimum absolute atomic E-state index is 0.792. The third-order valence-electron chi connectivity index (χ3n) is 3.50. The lowest BCUT2D eigenvalue weighted by atomic mass is 10.2. The zero-order valence-corrected chi connectivity index (χ0v) is 13.8. The molecule has 0 radical (unpaired) electrons. The molecule has 1 aliphatic rings. The van der Waals surface area contributed by atoms with E-state index in [2.05, 4.69) is 36.6 Å². The first kappa shape index (κ1) is 14.8. The highest BCUT2D eigenvalue weighted by atomic mass is 32.2. The second kappa shape index (κ2) is 7.22. The topological polar surface area (TPSA) is 68.5 Å². The molecule has 8 heteroatoms. The molecule has 1 N–H and O–H groups in total. The second-order valence-electron chi connectivity index (χ2n) is 5.13. The Labute approximate surface area is 132 Å². The van der Waals surface area contributed by atoms with Gasteiger partial charge in [-0.2, -0.15) is 0 Å². The van der Waals surface area contributed by atoms with Crippen molar-refractivity contribution in [2.45, 2.75) is 56.5 Å². The third kappa shape index (κ3) is 3.55. The summed E-state index contributed by atoms with van der Waals surface area (Å²) in [5.74, 6) is 1.93. The van der Waals surface area contributed by atoms with Gasteiger partial charge < -0.3 is 9.88 Å². The van der Waals surface area contributed by atoms with Crippen LogP contribution in [0.5, 0.6) is 0 Å². The molecule has 0 amide bonds. The molecule has 0 aliphatic carbocycles. The summed E-state index contributed by atoms with van der Waals surface area (Å²) in [6, 6.07) is 0. The van der Waals surface area contributed by atoms with E-state index in [-0.39, 0.29) is 0 Å². The average molecular weight is 324 g/mol. The van der Waals surface area contributed by atoms with E-state index in [1.165, 1.54) is 30.8 Å². The molecule has 0 spiro atoms. The molecule has 0 aromatic carbocycles. The summed E-state index contributed by atoms with van der Waals surface area (Å²) in [4.78, 5) is 0. The molecule has 0 unspecified atom stereocenters. The van der Waals surface area contributed by atoms with Crippen LogP contribution in [0.15, 0.2) is 5.16 Å². The molecule has 3 heterocycles. The smallest absolute Gasteiger partial charge is 0.191 e. The van der Waals surface area contributed by atoms with Gasteiger partial charge in [0.25, 0.3) is 0 Å². The Morgan fingerprint density at radius 2 is 2.19 bits per heavy atom. The van der Waals surface area contributed by atoms with Crippen LogP contribution in [0.3, 0.4) is 0 Å². The molecule has 0 saturated heterocycles. The monoisotopic (exact) mass is 324 g/mol. The van der Waals surface area contributed by atoms with E-state index in [0.29, 0.717) is 0 Å². The van der Waals surface area contributed by atoms with E-state index in [9.17, 15) is 0 Å². The fraction of sp³-hybridized carbons (Fsp3) is 0.692. The Kier molecular flexibility index (Phi) is 5.08. The van der Waals surface area contributed by atoms with Crippen LogP contribution in [0.25, 0.3) is 0 Å². The highest BCUT2D eigenvalue weighted by molar-refractivity contribution is 7.98. The summed E-state index contributed by atoms with van der Waals surface area (Å²) < 4.78 is 6.32. The van der Waals surface area contributed by atoms with Gasteiger partial charge >= 0.3 is 0 Å². The van der Waals surface area contributed by atoms with E-state index in [1.807, 2.05) is 0 Å². The van der Waals surface area contributed by atoms with Crippen molar-refractivity contribution in [3.8, 4) is 0 Å². The van der Waals surface area contributed by atoms with Crippen molar-refractivity contribution in [1.29, 1.82) is 0 Å². The Balaban J connectivity index is 1.65. The molecule has 0 saturated carbocycles. The number of nitrogens with one attached hydrogen (secondary N) is 1. The normalized spacial score (nSPS) is 14.7. The maximum Gasteiger partial charge on any atom is 0.191 e. The first-order valence-electron chi connectivity index (χ1n) is 7.48. The van der Waals surface area contributed by atoms with Crippen molar-refractivity contribution < 1.29 is 0 Å². The van der Waals surface area contributed by atoms with Crippen molar-refractivity contribution in [3.63, 3.8) is 0 Å². The summed E-state index contributed by atoms with van der Waals surface area (Å²) in [5, 5.41) is 18.4. The van der Waals surface area contributed by atoms with Crippen molar-refractivity contribution in [2.75, 3.05) is 11.9 Å². The van der Waals surface area contributed by atoms with Gasteiger partial charge in [0.1, 0.15) is 16.5 Å². The molecule has 6 nitrogen and oxygen atoms in total. The molecular formula is C13H20N6S2. The Bertz CT molecular complexity index is 579. The Hall–Kier alpha value is -1.15. The fourth-order valence-corrected chi connectivity index (χ4v) is 3.99. The maximum absolute atomic E-state index is 4.34. The number of nitrogens with zero attached hydrogens (tertiary/aromatic N) is 5. The minimum Gasteiger partial charge on any atom is -0.374 e. The van der Waals surface area contributed by atoms with Gasteiger partial charge in [0, 0.05) is 36.8 Å². The molecule has 0 atom stereocenters. The number of aromatic nitrogens is 5. The summed E-state index contributed by atoms with van der Waals surface area (Å²) >= 11 is 3.14. The number of rotatable bonds is 6. The van der Waals surface area contributed by atoms with Crippen LogP contribution in [0, 0.1) is 0 Å². The molecule has 114 valence electrons. The van der Waals surface area contributed by atoms with Crippen LogP contribution in [-0.2, 0) is 18.7 Å². The Morgan fingerprint density at radius 3 is 3.10 bits per heavy atom. The van der Waals surface area contributed by atoms with Gasteiger partial charge in [-0.15, -0.1) is 15.3 Å². The number of hydrogen-bond acceptors (Lipinski definition) is 7. The highest BCUT2D eigenvalue weighted by Crippen LogP contribution is 2.28. The Morgan fingerprint density at radius 1 is 1.24 bits per heavy atom. The van der Waals surface area contributed by atoms with Crippen molar-refractivity contribution in [2.24, 2.45) is 0 Å². The first-order valence-corrected chi connectivity index (χ1v) is 9.24. The molecule has 1 aliphatic heterocycles. The van der Waals surface area contributed by atoms with Gasteiger partial charge in [-0.3, -0.25) is 0 Å². The summed E-state index contributed by atoms with van der Waals surface area (Å²) in [7, 11) is 0. The number of thioether (sulfide) groups is 1. The van der Waals surface area contributed by atoms with Gasteiger partial charge in [0.05, 0.1) is 0 Å². The summed E-state index contributed by atoms with van der Waals surface area (Å²) in [5.41, 5.74) is 1.02. The second-order valence-corrected chi connectivity index (χ2v) is 6.82. The fourth-order valence-electron chi connectivity index (χ4n) is 2.37. The van der Waals surface area contributed by atoms with Crippen molar-refractivity contribution >= 4 is 28.3 Å². The molecule has 2 aromatic rings. The van der Waals surface area contributed by atoms with Gasteiger partial charge in [-0.05, 0) is 19.3 Å². The molecular weight excluding hydrogens is 304 g/mol. The third-order valence-corrected chi connectivity index (χ3v) is 5.21. The predicted molar refractivity (Wildman–Crippen MR) is 85.8 cm³/mol. The van der Waals surface area contributed by atoms with Crippen LogP contribution in [0.2, 0.25) is 0 Å². The van der Waals surface area contributed by atoms with Gasteiger partial charge in [0.2, 0.25) is 0 Å². The first-order chi connectivity index (χ1) is 10.4. The molecule has 0 bridgehead atoms. The van der Waals surface area contributed by atoms with E-state index in [0.717, 1.165) is 53.4 Å². The van der Waals surface area contributed by atoms with Gasteiger partial charge in [0.15, 0.2) is 5.16 Å². The maximum atomic E-state index is 4.34. The molecule has 3 rings (SSSR count). The summed E-state index contributed by atoms with van der Waals surface area (Å²) in [6.07, 6.45) is 5.88. The number of aryl methyl sites for hydroxylation is 1. The molecule has 2 aromatic heterocycles. The lowest BCUT2D eigenvalue weighted by molar-refractivity contribution is 0.591. The highest BCUT2D eigenvalue weighted by Gasteiger charge is 2.16.